The summed E-state index contributed by atoms with van der Waals surface area (Å²) in [7, 11) is 3.18. The summed E-state index contributed by atoms with van der Waals surface area (Å²) in [6.07, 6.45) is 1.72. The normalized spacial score (nSPS) is 10.9. The molecule has 0 aliphatic rings. The topological polar surface area (TPSA) is 79.4 Å². The molecule has 7 heteroatoms. The zero-order valence-electron chi connectivity index (χ0n) is 12.4. The lowest BCUT2D eigenvalue weighted by Gasteiger charge is -2.08. The Kier molecular flexibility index (Phi) is 3.50. The van der Waals surface area contributed by atoms with Crippen molar-refractivity contribution in [1.29, 1.82) is 0 Å². The van der Waals surface area contributed by atoms with E-state index in [1.807, 2.05) is 23.6 Å². The Hall–Kier alpha value is -2.54. The lowest BCUT2D eigenvalue weighted by molar-refractivity contribution is 0.100. The highest BCUT2D eigenvalue weighted by Gasteiger charge is 2.16. The molecule has 0 unspecified atom stereocenters. The van der Waals surface area contributed by atoms with Gasteiger partial charge in [-0.2, -0.15) is 0 Å². The number of carbonyl (C=O) groups is 1. The van der Waals surface area contributed by atoms with Gasteiger partial charge in [0.2, 0.25) is 0 Å². The molecule has 0 radical (unpaired) electrons. The number of rotatable bonds is 4. The van der Waals surface area contributed by atoms with Crippen molar-refractivity contribution in [3.05, 3.63) is 35.0 Å². The number of nitrogens with two attached hydrogens (primary N) is 1. The van der Waals surface area contributed by atoms with Crippen LogP contribution in [-0.2, 0) is 0 Å². The number of carbonyl (C=O) groups excluding carboxylic acids is 1. The van der Waals surface area contributed by atoms with Crippen LogP contribution < -0.4 is 15.2 Å². The molecule has 3 aromatic rings. The van der Waals surface area contributed by atoms with E-state index in [1.54, 1.807) is 26.6 Å². The van der Waals surface area contributed by atoms with Crippen LogP contribution >= 0.6 is 11.3 Å². The van der Waals surface area contributed by atoms with Crippen LogP contribution in [0, 0.1) is 6.92 Å². The first-order valence-corrected chi connectivity index (χ1v) is 7.36. The molecule has 0 saturated carbocycles. The number of ether oxygens (including phenoxy) is 2. The smallest absolute Gasteiger partial charge is 0.258 e. The lowest BCUT2D eigenvalue weighted by Crippen LogP contribution is -2.08. The zero-order valence-corrected chi connectivity index (χ0v) is 13.2. The predicted molar refractivity (Wildman–Crippen MR) is 85.3 cm³/mol. The molecule has 0 fully saturated rings. The maximum atomic E-state index is 11.4. The maximum absolute atomic E-state index is 11.4. The molecule has 1 aromatic carbocycles. The minimum Gasteiger partial charge on any atom is -0.493 e. The van der Waals surface area contributed by atoms with Crippen LogP contribution in [0.15, 0.2) is 24.5 Å². The van der Waals surface area contributed by atoms with Gasteiger partial charge in [-0.25, -0.2) is 4.98 Å². The number of hydrogen-bond acceptors (Lipinski definition) is 5. The lowest BCUT2D eigenvalue weighted by atomic mass is 10.2. The van der Waals surface area contributed by atoms with E-state index < -0.39 is 5.91 Å². The summed E-state index contributed by atoms with van der Waals surface area (Å²) in [5, 5.41) is 0.906. The number of methoxy groups -OCH3 is 2. The fourth-order valence-corrected chi connectivity index (χ4v) is 3.34. The molecule has 0 bridgehead atoms. The van der Waals surface area contributed by atoms with Crippen molar-refractivity contribution in [2.24, 2.45) is 5.73 Å². The summed E-state index contributed by atoms with van der Waals surface area (Å²) in [5.41, 5.74) is 7.98. The molecule has 0 aliphatic carbocycles. The third-order valence-electron chi connectivity index (χ3n) is 3.41. The van der Waals surface area contributed by atoms with E-state index in [1.165, 1.54) is 11.3 Å². The first-order valence-electron chi connectivity index (χ1n) is 6.55. The monoisotopic (exact) mass is 317 g/mol. The molecule has 1 amide bonds. The van der Waals surface area contributed by atoms with E-state index in [0.29, 0.717) is 16.4 Å². The van der Waals surface area contributed by atoms with Gasteiger partial charge in [0, 0.05) is 12.1 Å². The second-order valence-electron chi connectivity index (χ2n) is 4.77. The van der Waals surface area contributed by atoms with E-state index in [-0.39, 0.29) is 0 Å². The molecule has 0 saturated heterocycles. The van der Waals surface area contributed by atoms with Gasteiger partial charge in [0.1, 0.15) is 11.3 Å². The number of aromatic nitrogens is 2. The van der Waals surface area contributed by atoms with Gasteiger partial charge in [-0.1, -0.05) is 0 Å². The number of hydrogen-bond donors (Lipinski definition) is 1. The number of primary amides is 1. The number of fused-ring (bicyclic) bond motifs is 1. The van der Waals surface area contributed by atoms with Crippen molar-refractivity contribution in [3.8, 4) is 16.5 Å². The van der Waals surface area contributed by atoms with Gasteiger partial charge in [-0.3, -0.25) is 9.36 Å². The Labute approximate surface area is 131 Å². The van der Waals surface area contributed by atoms with Crippen molar-refractivity contribution < 1.29 is 14.3 Å². The van der Waals surface area contributed by atoms with Crippen LogP contribution in [0.25, 0.3) is 16.0 Å². The van der Waals surface area contributed by atoms with Crippen LogP contribution in [-0.4, -0.2) is 29.7 Å². The Bertz CT molecular complexity index is 866. The molecule has 0 aliphatic heterocycles. The third kappa shape index (κ3) is 2.19. The van der Waals surface area contributed by atoms with Gasteiger partial charge in [-0.05, 0) is 18.6 Å². The Morgan fingerprint density at radius 2 is 1.91 bits per heavy atom. The van der Waals surface area contributed by atoms with Gasteiger partial charge in [0.15, 0.2) is 11.5 Å². The molecular formula is C15H15N3O3S. The highest BCUT2D eigenvalue weighted by molar-refractivity contribution is 7.16. The molecule has 3 rings (SSSR count). The largest absolute Gasteiger partial charge is 0.493 e. The van der Waals surface area contributed by atoms with E-state index in [9.17, 15) is 4.79 Å². The van der Waals surface area contributed by atoms with Crippen molar-refractivity contribution in [2.75, 3.05) is 14.2 Å². The van der Waals surface area contributed by atoms with Crippen molar-refractivity contribution in [3.63, 3.8) is 0 Å². The first-order chi connectivity index (χ1) is 10.5. The maximum Gasteiger partial charge on any atom is 0.258 e. The molecule has 0 atom stereocenters. The minimum absolute atomic E-state index is 0.428. The van der Waals surface area contributed by atoms with Gasteiger partial charge < -0.3 is 15.2 Å². The van der Waals surface area contributed by atoms with Gasteiger partial charge in [-0.15, -0.1) is 11.3 Å². The standard InChI is InChI=1S/C15H15N3O3S/c1-8-4-13(14(16)19)22-15(8)18-7-17-9-5-11(20-2)12(21-3)6-10(9)18/h4-7H,1-3H3,(H2,16,19). The van der Waals surface area contributed by atoms with Crippen LogP contribution in [0.3, 0.4) is 0 Å². The fraction of sp³-hybridized carbons (Fsp3) is 0.200. The van der Waals surface area contributed by atoms with Crippen LogP contribution in [0.4, 0.5) is 0 Å². The number of benzene rings is 1. The fourth-order valence-electron chi connectivity index (χ4n) is 2.33. The van der Waals surface area contributed by atoms with Crippen molar-refractivity contribution >= 4 is 28.3 Å². The van der Waals surface area contributed by atoms with Gasteiger partial charge in [0.05, 0.1) is 30.1 Å². The highest BCUT2D eigenvalue weighted by Crippen LogP contribution is 2.34. The van der Waals surface area contributed by atoms with Crippen molar-refractivity contribution in [1.82, 2.24) is 9.55 Å². The van der Waals surface area contributed by atoms with Crippen molar-refractivity contribution in [2.45, 2.75) is 6.92 Å². The predicted octanol–water partition coefficient (Wildman–Crippen LogP) is 2.51. The van der Waals surface area contributed by atoms with Gasteiger partial charge >= 0.3 is 0 Å². The molecule has 114 valence electrons. The Morgan fingerprint density at radius 1 is 1.23 bits per heavy atom. The number of nitrogens with zero attached hydrogens (tertiary/aromatic N) is 2. The molecule has 22 heavy (non-hydrogen) atoms. The second-order valence-corrected chi connectivity index (χ2v) is 5.80. The quantitative estimate of drug-likeness (QED) is 0.802. The minimum atomic E-state index is -0.428. The number of thiophene rings is 1. The average molecular weight is 317 g/mol. The summed E-state index contributed by atoms with van der Waals surface area (Å²) in [4.78, 5) is 16.3. The van der Waals surface area contributed by atoms with E-state index in [4.69, 9.17) is 15.2 Å². The zero-order chi connectivity index (χ0) is 15.9. The first kappa shape index (κ1) is 14.4. The number of imidazole rings is 1. The third-order valence-corrected chi connectivity index (χ3v) is 4.66. The summed E-state index contributed by atoms with van der Waals surface area (Å²) >= 11 is 1.34. The molecule has 0 spiro atoms. The number of amides is 1. The molecular weight excluding hydrogens is 302 g/mol. The molecule has 2 heterocycles. The van der Waals surface area contributed by atoms with E-state index >= 15 is 0 Å². The highest BCUT2D eigenvalue weighted by atomic mass is 32.1. The second kappa shape index (κ2) is 5.34. The summed E-state index contributed by atoms with van der Waals surface area (Å²) in [5.74, 6) is 0.824. The summed E-state index contributed by atoms with van der Waals surface area (Å²) in [6, 6.07) is 5.47. The molecule has 6 nitrogen and oxygen atoms in total. The SMILES string of the molecule is COc1cc2ncn(-c3sc(C(N)=O)cc3C)c2cc1OC. The average Bonchev–Trinajstić information content (AvgIpc) is 3.08. The molecule has 2 N–H and O–H groups in total. The van der Waals surface area contributed by atoms with E-state index in [2.05, 4.69) is 4.98 Å². The van der Waals surface area contributed by atoms with Crippen LogP contribution in [0.2, 0.25) is 0 Å². The molecule has 2 aromatic heterocycles. The van der Waals surface area contributed by atoms with Crippen LogP contribution in [0.5, 0.6) is 11.5 Å². The van der Waals surface area contributed by atoms with Gasteiger partial charge in [0.25, 0.3) is 5.91 Å². The summed E-state index contributed by atoms with van der Waals surface area (Å²) < 4.78 is 12.5. The number of aryl methyl sites for hydroxylation is 1. The summed E-state index contributed by atoms with van der Waals surface area (Å²) in [6.45, 7) is 1.94. The van der Waals surface area contributed by atoms with Crippen LogP contribution in [0.1, 0.15) is 15.2 Å². The Balaban J connectivity index is 2.21. The Morgan fingerprint density at radius 3 is 2.50 bits per heavy atom. The van der Waals surface area contributed by atoms with E-state index in [0.717, 1.165) is 21.6 Å².